The second-order valence-electron chi connectivity index (χ2n) is 3.06. The Labute approximate surface area is 82.0 Å². The van der Waals surface area contributed by atoms with Crippen LogP contribution >= 0.6 is 11.8 Å². The Morgan fingerprint density at radius 3 is 3.15 bits per heavy atom. The molecule has 13 heavy (non-hydrogen) atoms. The Morgan fingerprint density at radius 2 is 2.62 bits per heavy atom. The number of cyclic esters (lactones) is 1. The van der Waals surface area contributed by atoms with Gasteiger partial charge >= 0.3 is 6.09 Å². The topological polar surface area (TPSA) is 58.6 Å². The van der Waals surface area contributed by atoms with Crippen molar-refractivity contribution < 1.29 is 14.6 Å². The van der Waals surface area contributed by atoms with Gasteiger partial charge in [0.1, 0.15) is 6.10 Å². The van der Waals surface area contributed by atoms with Crippen LogP contribution in [0.25, 0.3) is 0 Å². The van der Waals surface area contributed by atoms with Crippen molar-refractivity contribution in [2.24, 2.45) is 0 Å². The van der Waals surface area contributed by atoms with Gasteiger partial charge in [-0.15, -0.1) is 0 Å². The highest BCUT2D eigenvalue weighted by atomic mass is 32.2. The molecule has 0 aromatic rings. The minimum atomic E-state index is -0.319. The molecule has 76 valence electrons. The first kappa shape index (κ1) is 10.7. The van der Waals surface area contributed by atoms with Crippen molar-refractivity contribution in [1.82, 2.24) is 5.32 Å². The van der Waals surface area contributed by atoms with Crippen molar-refractivity contribution in [3.8, 4) is 0 Å². The molecule has 2 unspecified atom stereocenters. The molecular formula is C8H15NO3S. The molecule has 1 heterocycles. The number of rotatable bonds is 5. The number of amides is 1. The molecule has 0 radical (unpaired) electrons. The fourth-order valence-corrected chi connectivity index (χ4v) is 2.06. The maximum atomic E-state index is 10.6. The van der Waals surface area contributed by atoms with Gasteiger partial charge in [0.25, 0.3) is 0 Å². The molecule has 1 saturated heterocycles. The van der Waals surface area contributed by atoms with Crippen LogP contribution in [0.15, 0.2) is 0 Å². The number of carbonyl (C=O) groups is 1. The minimum Gasteiger partial charge on any atom is -0.443 e. The number of alkyl carbamates (subject to hydrolysis) is 1. The van der Waals surface area contributed by atoms with E-state index >= 15 is 0 Å². The van der Waals surface area contributed by atoms with E-state index in [1.807, 2.05) is 0 Å². The summed E-state index contributed by atoms with van der Waals surface area (Å²) < 4.78 is 4.96. The Bertz CT molecular complexity index is 177. The Morgan fingerprint density at radius 1 is 1.85 bits per heavy atom. The summed E-state index contributed by atoms with van der Waals surface area (Å²) in [6.45, 7) is 2.89. The van der Waals surface area contributed by atoms with Gasteiger partial charge in [0.2, 0.25) is 0 Å². The number of nitrogens with one attached hydrogen (secondary N) is 1. The van der Waals surface area contributed by atoms with Crippen LogP contribution in [0.5, 0.6) is 0 Å². The maximum absolute atomic E-state index is 10.6. The molecule has 0 saturated carbocycles. The van der Waals surface area contributed by atoms with Crippen molar-refractivity contribution >= 4 is 17.9 Å². The number of aliphatic hydroxyl groups is 1. The van der Waals surface area contributed by atoms with Gasteiger partial charge in [0, 0.05) is 17.6 Å². The summed E-state index contributed by atoms with van der Waals surface area (Å²) in [5.74, 6) is 0.805. The average Bonchev–Trinajstić information content (AvgIpc) is 2.49. The number of hydrogen-bond acceptors (Lipinski definition) is 4. The lowest BCUT2D eigenvalue weighted by Gasteiger charge is -2.11. The molecule has 0 aromatic carbocycles. The molecule has 2 atom stereocenters. The second kappa shape index (κ2) is 5.34. The largest absolute Gasteiger partial charge is 0.443 e. The van der Waals surface area contributed by atoms with E-state index in [-0.39, 0.29) is 18.8 Å². The van der Waals surface area contributed by atoms with E-state index in [0.717, 1.165) is 12.2 Å². The van der Waals surface area contributed by atoms with E-state index in [1.165, 1.54) is 0 Å². The highest BCUT2D eigenvalue weighted by molar-refractivity contribution is 7.99. The van der Waals surface area contributed by atoms with Crippen LogP contribution in [0.1, 0.15) is 13.3 Å². The number of hydrogen-bond donors (Lipinski definition) is 2. The zero-order valence-electron chi connectivity index (χ0n) is 7.66. The third kappa shape index (κ3) is 3.87. The van der Waals surface area contributed by atoms with Gasteiger partial charge in [-0.2, -0.15) is 11.8 Å². The Kier molecular flexibility index (Phi) is 4.38. The molecule has 5 heteroatoms. The molecular weight excluding hydrogens is 190 g/mol. The summed E-state index contributed by atoms with van der Waals surface area (Å²) in [7, 11) is 0. The van der Waals surface area contributed by atoms with Crippen LogP contribution in [-0.4, -0.2) is 41.5 Å². The lowest BCUT2D eigenvalue weighted by atomic mass is 10.3. The van der Waals surface area contributed by atoms with E-state index in [9.17, 15) is 4.79 Å². The van der Waals surface area contributed by atoms with E-state index in [1.54, 1.807) is 11.8 Å². The number of carbonyl (C=O) groups excluding carboxylic acids is 1. The molecule has 0 aliphatic carbocycles. The first-order chi connectivity index (χ1) is 6.22. The summed E-state index contributed by atoms with van der Waals surface area (Å²) in [6, 6.07) is 0. The fourth-order valence-electron chi connectivity index (χ4n) is 1.06. The Balaban J connectivity index is 2.08. The van der Waals surface area contributed by atoms with Crippen LogP contribution in [0, 0.1) is 0 Å². The summed E-state index contributed by atoms with van der Waals surface area (Å²) >= 11 is 1.72. The van der Waals surface area contributed by atoms with Crippen LogP contribution in [0.3, 0.4) is 0 Å². The van der Waals surface area contributed by atoms with Crippen LogP contribution in [-0.2, 0) is 4.74 Å². The van der Waals surface area contributed by atoms with Crippen molar-refractivity contribution in [3.05, 3.63) is 0 Å². The lowest BCUT2D eigenvalue weighted by Crippen LogP contribution is -2.18. The smallest absolute Gasteiger partial charge is 0.407 e. The SMILES string of the molecule is CC(CCO)SCC1CNC(=O)O1. The van der Waals surface area contributed by atoms with Crippen molar-refractivity contribution in [2.45, 2.75) is 24.7 Å². The number of ether oxygens (including phenoxy) is 1. The highest BCUT2D eigenvalue weighted by Gasteiger charge is 2.22. The molecule has 0 bridgehead atoms. The quantitative estimate of drug-likeness (QED) is 0.690. The van der Waals surface area contributed by atoms with Crippen molar-refractivity contribution in [1.29, 1.82) is 0 Å². The molecule has 0 spiro atoms. The summed E-state index contributed by atoms with van der Waals surface area (Å²) in [5.41, 5.74) is 0. The van der Waals surface area contributed by atoms with Gasteiger partial charge in [-0.25, -0.2) is 4.79 Å². The molecule has 1 amide bonds. The number of thioether (sulfide) groups is 1. The molecule has 1 rings (SSSR count). The predicted molar refractivity (Wildman–Crippen MR) is 51.9 cm³/mol. The molecule has 1 aliphatic heterocycles. The van der Waals surface area contributed by atoms with Gasteiger partial charge in [0.05, 0.1) is 6.54 Å². The third-order valence-electron chi connectivity index (χ3n) is 1.85. The van der Waals surface area contributed by atoms with Crippen LogP contribution in [0.4, 0.5) is 4.79 Å². The summed E-state index contributed by atoms with van der Waals surface area (Å²) in [6.07, 6.45) is 0.470. The van der Waals surface area contributed by atoms with Gasteiger partial charge < -0.3 is 15.2 Å². The van der Waals surface area contributed by atoms with E-state index in [0.29, 0.717) is 11.8 Å². The summed E-state index contributed by atoms with van der Waals surface area (Å²) in [5, 5.41) is 11.7. The second-order valence-corrected chi connectivity index (χ2v) is 4.54. The summed E-state index contributed by atoms with van der Waals surface area (Å²) in [4.78, 5) is 10.6. The van der Waals surface area contributed by atoms with E-state index < -0.39 is 0 Å². The maximum Gasteiger partial charge on any atom is 0.407 e. The third-order valence-corrected chi connectivity index (χ3v) is 3.22. The predicted octanol–water partition coefficient (Wildman–Crippen LogP) is 0.599. The van der Waals surface area contributed by atoms with Gasteiger partial charge in [-0.3, -0.25) is 0 Å². The molecule has 4 nitrogen and oxygen atoms in total. The molecule has 1 aliphatic rings. The highest BCUT2D eigenvalue weighted by Crippen LogP contribution is 2.17. The first-order valence-electron chi connectivity index (χ1n) is 4.39. The first-order valence-corrected chi connectivity index (χ1v) is 5.44. The Hall–Kier alpha value is -0.420. The fraction of sp³-hybridized carbons (Fsp3) is 0.875. The van der Waals surface area contributed by atoms with Gasteiger partial charge in [-0.1, -0.05) is 6.92 Å². The molecule has 1 fully saturated rings. The van der Waals surface area contributed by atoms with Crippen molar-refractivity contribution in [2.75, 3.05) is 18.9 Å². The van der Waals surface area contributed by atoms with Crippen LogP contribution < -0.4 is 5.32 Å². The minimum absolute atomic E-state index is 0.00126. The van der Waals surface area contributed by atoms with Crippen molar-refractivity contribution in [3.63, 3.8) is 0 Å². The lowest BCUT2D eigenvalue weighted by molar-refractivity contribution is 0.150. The molecule has 2 N–H and O–H groups in total. The standard InChI is InChI=1S/C8H15NO3S/c1-6(2-3-10)13-5-7-4-9-8(11)12-7/h6-7,10H,2-5H2,1H3,(H,9,11). The normalized spacial score (nSPS) is 23.8. The van der Waals surface area contributed by atoms with Crippen LogP contribution in [0.2, 0.25) is 0 Å². The molecule has 0 aromatic heterocycles. The average molecular weight is 205 g/mol. The van der Waals surface area contributed by atoms with E-state index in [2.05, 4.69) is 12.2 Å². The van der Waals surface area contributed by atoms with Gasteiger partial charge in [-0.05, 0) is 6.42 Å². The van der Waals surface area contributed by atoms with E-state index in [4.69, 9.17) is 9.84 Å². The number of aliphatic hydroxyl groups excluding tert-OH is 1. The zero-order chi connectivity index (χ0) is 9.68. The zero-order valence-corrected chi connectivity index (χ0v) is 8.47. The van der Waals surface area contributed by atoms with Gasteiger partial charge in [0.15, 0.2) is 0 Å². The monoisotopic (exact) mass is 205 g/mol.